The maximum Gasteiger partial charge on any atom is 0.166 e. The second-order valence-corrected chi connectivity index (χ2v) is 12.3. The fraction of sp³-hybridized carbons (Fsp3) is 0.444. The number of halogens is 1. The molecule has 39 heavy (non-hydrogen) atoms. The summed E-state index contributed by atoms with van der Waals surface area (Å²) in [5, 5.41) is 3.73. The first-order chi connectivity index (χ1) is 18.8. The Morgan fingerprint density at radius 2 is 1.97 bits per heavy atom. The zero-order chi connectivity index (χ0) is 27.6. The molecular formula is C27H34FN7O3S. The van der Waals surface area contributed by atoms with Crippen molar-refractivity contribution in [3.8, 4) is 17.1 Å². The van der Waals surface area contributed by atoms with Gasteiger partial charge in [-0.1, -0.05) is 0 Å². The van der Waals surface area contributed by atoms with E-state index in [9.17, 15) is 12.8 Å². The molecule has 0 atom stereocenters. The first-order valence-corrected chi connectivity index (χ1v) is 14.9. The van der Waals surface area contributed by atoms with Crippen LogP contribution in [0.3, 0.4) is 0 Å². The Labute approximate surface area is 227 Å². The third kappa shape index (κ3) is 5.97. The normalized spacial score (nSPS) is 15.8. The van der Waals surface area contributed by atoms with Gasteiger partial charge in [-0.05, 0) is 43.0 Å². The molecule has 208 valence electrons. The molecule has 0 unspecified atom stereocenters. The molecule has 1 N–H and O–H groups in total. The van der Waals surface area contributed by atoms with Gasteiger partial charge in [0.1, 0.15) is 15.5 Å². The average Bonchev–Trinajstić information content (AvgIpc) is 3.52. The van der Waals surface area contributed by atoms with Gasteiger partial charge in [-0.3, -0.25) is 9.47 Å². The number of anilines is 1. The van der Waals surface area contributed by atoms with E-state index in [0.29, 0.717) is 30.7 Å². The Morgan fingerprint density at radius 1 is 1.18 bits per heavy atom. The van der Waals surface area contributed by atoms with Gasteiger partial charge in [0.15, 0.2) is 17.5 Å². The van der Waals surface area contributed by atoms with Gasteiger partial charge < -0.3 is 14.6 Å². The topological polar surface area (TPSA) is 107 Å². The number of rotatable bonds is 10. The number of fused-ring (bicyclic) bond motifs is 1. The minimum atomic E-state index is -2.93. The molecule has 0 aromatic carbocycles. The van der Waals surface area contributed by atoms with E-state index in [4.69, 9.17) is 9.72 Å². The van der Waals surface area contributed by atoms with E-state index in [-0.39, 0.29) is 23.4 Å². The SMILES string of the molecule is CNc1ncc(-c2ccc3c(CCN(CCOC)C4CCS(=O)(=O)CC4)cn(-c4cn(C)cn4)c3n2)cc1F. The summed E-state index contributed by atoms with van der Waals surface area (Å²) < 4.78 is 47.6. The Kier molecular flexibility index (Phi) is 7.96. The van der Waals surface area contributed by atoms with Crippen molar-refractivity contribution < 1.29 is 17.5 Å². The molecule has 1 aliphatic heterocycles. The van der Waals surface area contributed by atoms with Crippen LogP contribution in [0.1, 0.15) is 18.4 Å². The Bertz CT molecular complexity index is 1550. The lowest BCUT2D eigenvalue weighted by atomic mass is 10.1. The van der Waals surface area contributed by atoms with Gasteiger partial charge in [-0.15, -0.1) is 0 Å². The lowest BCUT2D eigenvalue weighted by Gasteiger charge is -2.34. The number of aromatic nitrogens is 5. The molecule has 0 amide bonds. The number of hydrogen-bond donors (Lipinski definition) is 1. The lowest BCUT2D eigenvalue weighted by molar-refractivity contribution is 0.115. The van der Waals surface area contributed by atoms with E-state index in [1.807, 2.05) is 34.5 Å². The van der Waals surface area contributed by atoms with Crippen LogP contribution in [-0.4, -0.2) is 88.8 Å². The highest BCUT2D eigenvalue weighted by Gasteiger charge is 2.28. The molecule has 0 bridgehead atoms. The molecule has 1 saturated heterocycles. The quantitative estimate of drug-likeness (QED) is 0.318. The number of pyridine rings is 2. The first-order valence-electron chi connectivity index (χ1n) is 13.0. The van der Waals surface area contributed by atoms with Crippen molar-refractivity contribution in [1.29, 1.82) is 0 Å². The Morgan fingerprint density at radius 3 is 2.64 bits per heavy atom. The lowest BCUT2D eigenvalue weighted by Crippen LogP contribution is -2.43. The third-order valence-electron chi connectivity index (χ3n) is 7.34. The fourth-order valence-corrected chi connectivity index (χ4v) is 6.65. The number of imidazole rings is 1. The summed E-state index contributed by atoms with van der Waals surface area (Å²) in [6, 6.07) is 5.54. The van der Waals surface area contributed by atoms with Crippen LogP contribution in [0.2, 0.25) is 0 Å². The van der Waals surface area contributed by atoms with E-state index < -0.39 is 15.7 Å². The van der Waals surface area contributed by atoms with Gasteiger partial charge in [0.25, 0.3) is 0 Å². The molecule has 5 rings (SSSR count). The van der Waals surface area contributed by atoms with Crippen LogP contribution in [0.15, 0.2) is 43.1 Å². The largest absolute Gasteiger partial charge is 0.383 e. The van der Waals surface area contributed by atoms with Crippen LogP contribution in [0.5, 0.6) is 0 Å². The number of methoxy groups -OCH3 is 1. The van der Waals surface area contributed by atoms with Crippen LogP contribution in [0, 0.1) is 5.82 Å². The van der Waals surface area contributed by atoms with Gasteiger partial charge in [-0.2, -0.15) is 0 Å². The fourth-order valence-electron chi connectivity index (χ4n) is 5.18. The summed E-state index contributed by atoms with van der Waals surface area (Å²) in [5.41, 5.74) is 3.03. The highest BCUT2D eigenvalue weighted by molar-refractivity contribution is 7.91. The van der Waals surface area contributed by atoms with Crippen molar-refractivity contribution in [1.82, 2.24) is 29.0 Å². The van der Waals surface area contributed by atoms with Crippen molar-refractivity contribution in [3.63, 3.8) is 0 Å². The molecule has 10 nitrogen and oxygen atoms in total. The molecule has 12 heteroatoms. The summed E-state index contributed by atoms with van der Waals surface area (Å²) in [6.45, 7) is 2.09. The van der Waals surface area contributed by atoms with E-state index in [2.05, 4.69) is 26.4 Å². The number of nitrogens with one attached hydrogen (secondary N) is 1. The van der Waals surface area contributed by atoms with E-state index in [1.54, 1.807) is 26.7 Å². The smallest absolute Gasteiger partial charge is 0.166 e. The predicted octanol–water partition coefficient (Wildman–Crippen LogP) is 3.07. The van der Waals surface area contributed by atoms with Gasteiger partial charge >= 0.3 is 0 Å². The molecule has 0 spiro atoms. The summed E-state index contributed by atoms with van der Waals surface area (Å²) in [4.78, 5) is 16.0. The summed E-state index contributed by atoms with van der Waals surface area (Å²) in [5.74, 6) is 0.953. The molecule has 0 aliphatic carbocycles. The van der Waals surface area contributed by atoms with E-state index >= 15 is 0 Å². The van der Waals surface area contributed by atoms with Crippen molar-refractivity contribution >= 4 is 26.7 Å². The number of ether oxygens (including phenoxy) is 1. The maximum absolute atomic E-state index is 14.4. The second-order valence-electron chi connectivity index (χ2n) is 9.96. The second kappa shape index (κ2) is 11.4. The number of nitrogens with zero attached hydrogens (tertiary/aromatic N) is 6. The molecule has 0 saturated carbocycles. The number of aryl methyl sites for hydroxylation is 1. The maximum atomic E-state index is 14.4. The highest BCUT2D eigenvalue weighted by Crippen LogP contribution is 2.29. The summed E-state index contributed by atoms with van der Waals surface area (Å²) in [6.07, 6.45) is 9.37. The number of hydrogen-bond acceptors (Lipinski definition) is 8. The molecule has 1 aliphatic rings. The molecule has 0 radical (unpaired) electrons. The predicted molar refractivity (Wildman–Crippen MR) is 149 cm³/mol. The van der Waals surface area contributed by atoms with Crippen molar-refractivity contribution in [2.45, 2.75) is 25.3 Å². The van der Waals surface area contributed by atoms with Crippen LogP contribution in [-0.2, 0) is 28.0 Å². The van der Waals surface area contributed by atoms with Gasteiger partial charge in [-0.25, -0.2) is 27.8 Å². The van der Waals surface area contributed by atoms with Crippen molar-refractivity contribution in [2.24, 2.45) is 7.05 Å². The van der Waals surface area contributed by atoms with Gasteiger partial charge in [0, 0.05) is 69.9 Å². The molecule has 1 fully saturated rings. The highest BCUT2D eigenvalue weighted by atomic mass is 32.2. The van der Waals surface area contributed by atoms with Crippen molar-refractivity contribution in [2.75, 3.05) is 50.7 Å². The standard InChI is InChI=1S/C27H34FN7O3S/c1-29-26-23(28)14-20(15-30-26)24-5-4-22-19(16-35(27(22)32-24)25-17-33(2)18-31-25)6-9-34(10-11-38-3)21-7-12-39(36,37)13-8-21/h4-5,14-18,21H,6-13H2,1-3H3,(H,29,30). The van der Waals surface area contributed by atoms with Gasteiger partial charge in [0.2, 0.25) is 0 Å². The van der Waals surface area contributed by atoms with Crippen molar-refractivity contribution in [3.05, 3.63) is 54.5 Å². The molecule has 5 heterocycles. The average molecular weight is 556 g/mol. The molecule has 4 aromatic heterocycles. The minimum Gasteiger partial charge on any atom is -0.383 e. The van der Waals surface area contributed by atoms with E-state index in [1.165, 1.54) is 6.07 Å². The van der Waals surface area contributed by atoms with Gasteiger partial charge in [0.05, 0.1) is 30.1 Å². The summed E-state index contributed by atoms with van der Waals surface area (Å²) >= 11 is 0. The minimum absolute atomic E-state index is 0.188. The first kappa shape index (κ1) is 27.2. The molecular weight excluding hydrogens is 521 g/mol. The van der Waals surface area contributed by atoms with Crippen LogP contribution < -0.4 is 5.32 Å². The van der Waals surface area contributed by atoms with E-state index in [0.717, 1.165) is 41.9 Å². The zero-order valence-electron chi connectivity index (χ0n) is 22.5. The van der Waals surface area contributed by atoms with Crippen LogP contribution >= 0.6 is 0 Å². The zero-order valence-corrected chi connectivity index (χ0v) is 23.3. The molecule has 4 aromatic rings. The Hall–Kier alpha value is -3.35. The van der Waals surface area contributed by atoms with Crippen LogP contribution in [0.25, 0.3) is 28.1 Å². The number of sulfone groups is 1. The monoisotopic (exact) mass is 555 g/mol. The van der Waals surface area contributed by atoms with Crippen LogP contribution in [0.4, 0.5) is 10.2 Å². The Balaban J connectivity index is 1.47. The third-order valence-corrected chi connectivity index (χ3v) is 9.05. The summed E-state index contributed by atoms with van der Waals surface area (Å²) in [7, 11) is 2.29.